The van der Waals surface area contributed by atoms with Crippen LogP contribution in [-0.4, -0.2) is 61.9 Å². The van der Waals surface area contributed by atoms with Crippen LogP contribution in [0.5, 0.6) is 11.5 Å². The molecule has 1 aliphatic heterocycles. The van der Waals surface area contributed by atoms with Gasteiger partial charge in [-0.05, 0) is 69.7 Å². The molecule has 1 N–H and O–H groups in total. The number of piperazine rings is 1. The Morgan fingerprint density at radius 1 is 0.971 bits per heavy atom. The van der Waals surface area contributed by atoms with Gasteiger partial charge >= 0.3 is 5.97 Å². The Morgan fingerprint density at radius 3 is 2.31 bits per heavy atom. The van der Waals surface area contributed by atoms with E-state index in [0.717, 1.165) is 69.7 Å². The van der Waals surface area contributed by atoms with Crippen molar-refractivity contribution in [2.45, 2.75) is 63.5 Å². The highest BCUT2D eigenvalue weighted by Gasteiger charge is 2.26. The number of rotatable bonds is 7. The minimum atomic E-state index is -0.619. The third-order valence-corrected chi connectivity index (χ3v) is 7.65. The zero-order chi connectivity index (χ0) is 24.6. The summed E-state index contributed by atoms with van der Waals surface area (Å²) >= 11 is 0. The Labute approximate surface area is 209 Å². The van der Waals surface area contributed by atoms with E-state index in [1.807, 2.05) is 0 Å². The van der Waals surface area contributed by atoms with Gasteiger partial charge in [0.25, 0.3) is 0 Å². The van der Waals surface area contributed by atoms with Gasteiger partial charge in [0.2, 0.25) is 0 Å². The maximum atomic E-state index is 9.98. The minimum Gasteiger partial charge on any atom is -0.493 e. The molecule has 1 saturated heterocycles. The molecule has 2 aromatic rings. The summed E-state index contributed by atoms with van der Waals surface area (Å²) in [6.45, 7) is 3.14. The number of anilines is 1. The normalized spacial score (nSPS) is 21.1. The molecule has 35 heavy (non-hydrogen) atoms. The molecule has 0 unspecified atom stereocenters. The second-order valence-electron chi connectivity index (χ2n) is 10.1. The van der Waals surface area contributed by atoms with E-state index in [0.29, 0.717) is 12.1 Å². The van der Waals surface area contributed by atoms with Crippen LogP contribution in [0.25, 0.3) is 0 Å². The highest BCUT2D eigenvalue weighted by molar-refractivity contribution is 5.70. The third kappa shape index (κ3) is 6.91. The molecular weight excluding hydrogens is 440 g/mol. The lowest BCUT2D eigenvalue weighted by Gasteiger charge is -2.41. The maximum Gasteiger partial charge on any atom is 0.306 e. The summed E-state index contributed by atoms with van der Waals surface area (Å²) in [5.41, 5.74) is 2.64. The summed E-state index contributed by atoms with van der Waals surface area (Å²) in [7, 11) is 3.97. The van der Waals surface area contributed by atoms with E-state index in [4.69, 9.17) is 14.6 Å². The van der Waals surface area contributed by atoms with E-state index in [1.54, 1.807) is 7.11 Å². The number of carboxylic acids is 1. The van der Waals surface area contributed by atoms with Crippen molar-refractivity contribution in [3.05, 3.63) is 54.1 Å². The van der Waals surface area contributed by atoms with Crippen LogP contribution in [0.4, 0.5) is 5.69 Å². The first-order chi connectivity index (χ1) is 17.0. The van der Waals surface area contributed by atoms with Crippen molar-refractivity contribution in [2.75, 3.05) is 38.7 Å². The number of hydrogen-bond donors (Lipinski definition) is 1. The number of carboxylic acid groups (broad SMARTS) is 1. The fraction of sp³-hybridized carbons (Fsp3) is 0.552. The molecule has 190 valence electrons. The molecule has 3 fully saturated rings. The molecule has 0 amide bonds. The quantitative estimate of drug-likeness (QED) is 0.584. The maximum absolute atomic E-state index is 9.98. The van der Waals surface area contributed by atoms with E-state index in [9.17, 15) is 4.79 Å². The molecular formula is C29H40N2O4. The smallest absolute Gasteiger partial charge is 0.306 e. The van der Waals surface area contributed by atoms with Gasteiger partial charge in [0.15, 0.2) is 11.5 Å². The van der Waals surface area contributed by atoms with Crippen molar-refractivity contribution < 1.29 is 19.4 Å². The number of likely N-dealkylation sites (N-methyl/N-ethyl adjacent to an activating group) is 1. The summed E-state index contributed by atoms with van der Waals surface area (Å²) in [6.07, 6.45) is 9.17. The number of methoxy groups -OCH3 is 1. The lowest BCUT2D eigenvalue weighted by Crippen LogP contribution is -2.52. The summed E-state index contributed by atoms with van der Waals surface area (Å²) < 4.78 is 11.9. The lowest BCUT2D eigenvalue weighted by atomic mass is 9.86. The SMILES string of the molecule is COc1ccc(N2CCN(C)[C@@H](Cc3ccccc3)C2)cc1OC1CCCC1.O=C(O)C1CCC1. The van der Waals surface area contributed by atoms with Crippen LogP contribution >= 0.6 is 0 Å². The van der Waals surface area contributed by atoms with Gasteiger partial charge in [-0.25, -0.2) is 0 Å². The van der Waals surface area contributed by atoms with Gasteiger partial charge < -0.3 is 19.5 Å². The first kappa shape index (κ1) is 25.4. The molecule has 2 aliphatic carbocycles. The molecule has 6 nitrogen and oxygen atoms in total. The van der Waals surface area contributed by atoms with E-state index < -0.39 is 5.97 Å². The number of hydrogen-bond acceptors (Lipinski definition) is 5. The zero-order valence-electron chi connectivity index (χ0n) is 21.2. The van der Waals surface area contributed by atoms with Gasteiger partial charge in [0.05, 0.1) is 19.1 Å². The molecule has 0 spiro atoms. The predicted octanol–water partition coefficient (Wildman–Crippen LogP) is 5.25. The standard InChI is InChI=1S/C24H32N2O2.C5H8O2/c1-25-14-15-26(18-21(25)16-19-8-4-3-5-9-19)20-12-13-23(27-2)24(17-20)28-22-10-6-7-11-22;6-5(7)4-2-1-3-4/h3-5,8-9,12-13,17,21-22H,6-7,10-11,14-16,18H2,1-2H3;4H,1-3H2,(H,6,7)/t21-;/m0./s1. The molecule has 0 bridgehead atoms. The van der Waals surface area contributed by atoms with Gasteiger partial charge in [-0.2, -0.15) is 0 Å². The van der Waals surface area contributed by atoms with Gasteiger partial charge in [-0.15, -0.1) is 0 Å². The van der Waals surface area contributed by atoms with Crippen molar-refractivity contribution in [3.8, 4) is 11.5 Å². The number of aliphatic carboxylic acids is 1. The van der Waals surface area contributed by atoms with Crippen LogP contribution in [0, 0.1) is 5.92 Å². The molecule has 0 aromatic heterocycles. The number of benzene rings is 2. The second-order valence-corrected chi connectivity index (χ2v) is 10.1. The van der Waals surface area contributed by atoms with Crippen LogP contribution in [0.2, 0.25) is 0 Å². The summed E-state index contributed by atoms with van der Waals surface area (Å²) in [6, 6.07) is 17.7. The molecule has 0 radical (unpaired) electrons. The van der Waals surface area contributed by atoms with Crippen molar-refractivity contribution in [2.24, 2.45) is 5.92 Å². The average Bonchev–Trinajstić information content (AvgIpc) is 3.33. The van der Waals surface area contributed by atoms with Crippen molar-refractivity contribution >= 4 is 11.7 Å². The van der Waals surface area contributed by atoms with Crippen LogP contribution in [0.15, 0.2) is 48.5 Å². The number of carbonyl (C=O) groups is 1. The highest BCUT2D eigenvalue weighted by atomic mass is 16.5. The molecule has 2 saturated carbocycles. The predicted molar refractivity (Wildman–Crippen MR) is 140 cm³/mol. The van der Waals surface area contributed by atoms with Gasteiger partial charge in [-0.1, -0.05) is 36.8 Å². The molecule has 1 atom stereocenters. The van der Waals surface area contributed by atoms with Crippen LogP contribution in [0.1, 0.15) is 50.5 Å². The van der Waals surface area contributed by atoms with E-state index >= 15 is 0 Å². The van der Waals surface area contributed by atoms with Gasteiger partial charge in [-0.3, -0.25) is 9.69 Å². The Hall–Kier alpha value is -2.73. The van der Waals surface area contributed by atoms with E-state index in [1.165, 1.54) is 24.1 Å². The second kappa shape index (κ2) is 12.3. The molecule has 3 aliphatic rings. The van der Waals surface area contributed by atoms with Crippen LogP contribution in [0.3, 0.4) is 0 Å². The fourth-order valence-corrected chi connectivity index (χ4v) is 5.08. The molecule has 2 aromatic carbocycles. The first-order valence-corrected chi connectivity index (χ1v) is 13.1. The fourth-order valence-electron chi connectivity index (χ4n) is 5.08. The molecule has 1 heterocycles. The third-order valence-electron chi connectivity index (χ3n) is 7.65. The largest absolute Gasteiger partial charge is 0.493 e. The van der Waals surface area contributed by atoms with Crippen molar-refractivity contribution in [1.29, 1.82) is 0 Å². The summed E-state index contributed by atoms with van der Waals surface area (Å²) in [4.78, 5) is 15.0. The van der Waals surface area contributed by atoms with Crippen LogP contribution < -0.4 is 14.4 Å². The van der Waals surface area contributed by atoms with E-state index in [2.05, 4.69) is 65.4 Å². The first-order valence-electron chi connectivity index (χ1n) is 13.1. The zero-order valence-corrected chi connectivity index (χ0v) is 21.2. The highest BCUT2D eigenvalue weighted by Crippen LogP contribution is 2.35. The summed E-state index contributed by atoms with van der Waals surface area (Å²) in [5.74, 6) is 1.11. The summed E-state index contributed by atoms with van der Waals surface area (Å²) in [5, 5.41) is 8.23. The number of nitrogens with zero attached hydrogens (tertiary/aromatic N) is 2. The van der Waals surface area contributed by atoms with Crippen molar-refractivity contribution in [1.82, 2.24) is 4.90 Å². The lowest BCUT2D eigenvalue weighted by molar-refractivity contribution is -0.144. The molecule has 5 rings (SSSR count). The topological polar surface area (TPSA) is 62.2 Å². The molecule has 6 heteroatoms. The average molecular weight is 481 g/mol. The Morgan fingerprint density at radius 2 is 1.71 bits per heavy atom. The number of ether oxygens (including phenoxy) is 2. The van der Waals surface area contributed by atoms with Gasteiger partial charge in [0, 0.05) is 37.4 Å². The Kier molecular flexibility index (Phi) is 8.91. The van der Waals surface area contributed by atoms with E-state index in [-0.39, 0.29) is 5.92 Å². The van der Waals surface area contributed by atoms with Crippen LogP contribution in [-0.2, 0) is 11.2 Å². The monoisotopic (exact) mass is 480 g/mol. The minimum absolute atomic E-state index is 0.000000000000000444. The Balaban J connectivity index is 0.000000356. The van der Waals surface area contributed by atoms with Crippen molar-refractivity contribution in [3.63, 3.8) is 0 Å². The Bertz CT molecular complexity index is 941. The van der Waals surface area contributed by atoms with Gasteiger partial charge in [0.1, 0.15) is 0 Å².